The second kappa shape index (κ2) is 6.44. The van der Waals surface area contributed by atoms with Gasteiger partial charge in [-0.3, -0.25) is 14.7 Å². The van der Waals surface area contributed by atoms with Crippen molar-refractivity contribution in [2.24, 2.45) is 0 Å². The van der Waals surface area contributed by atoms with Gasteiger partial charge < -0.3 is 9.64 Å². The highest BCUT2D eigenvalue weighted by Crippen LogP contribution is 2.22. The van der Waals surface area contributed by atoms with Crippen molar-refractivity contribution in [3.05, 3.63) is 29.6 Å². The number of esters is 1. The summed E-state index contributed by atoms with van der Waals surface area (Å²) in [6.07, 6.45) is 6.44. The summed E-state index contributed by atoms with van der Waals surface area (Å²) in [4.78, 5) is 32.7. The zero-order valence-electron chi connectivity index (χ0n) is 12.8. The second-order valence-corrected chi connectivity index (χ2v) is 5.85. The van der Waals surface area contributed by atoms with Crippen molar-refractivity contribution < 1.29 is 14.3 Å². The fraction of sp³-hybridized carbons (Fsp3) is 0.562. The van der Waals surface area contributed by atoms with E-state index in [4.69, 9.17) is 4.74 Å². The first-order valence-corrected chi connectivity index (χ1v) is 7.76. The molecule has 0 aliphatic carbocycles. The number of methoxy groups -OCH3 is 1. The van der Waals surface area contributed by atoms with Gasteiger partial charge >= 0.3 is 5.97 Å². The molecule has 1 amide bonds. The molecule has 0 bridgehead atoms. The highest BCUT2D eigenvalue weighted by molar-refractivity contribution is 6.05. The fourth-order valence-electron chi connectivity index (χ4n) is 3.35. The summed E-state index contributed by atoms with van der Waals surface area (Å²) in [6.45, 7) is 3.75. The molecule has 2 fully saturated rings. The largest absolute Gasteiger partial charge is 0.465 e. The summed E-state index contributed by atoms with van der Waals surface area (Å²) < 4.78 is 4.73. The van der Waals surface area contributed by atoms with Gasteiger partial charge in [-0.05, 0) is 38.4 Å². The van der Waals surface area contributed by atoms with Gasteiger partial charge in [0.05, 0.1) is 18.2 Å². The van der Waals surface area contributed by atoms with Crippen molar-refractivity contribution in [2.45, 2.75) is 25.3 Å². The number of hydrogen-bond acceptors (Lipinski definition) is 5. The van der Waals surface area contributed by atoms with Crippen molar-refractivity contribution in [1.82, 2.24) is 14.8 Å². The number of aromatic nitrogens is 1. The van der Waals surface area contributed by atoms with Crippen LogP contribution in [0.15, 0.2) is 18.5 Å². The lowest BCUT2D eigenvalue weighted by atomic mass is 10.1. The smallest absolute Gasteiger partial charge is 0.340 e. The molecular weight excluding hydrogens is 282 g/mol. The lowest BCUT2D eigenvalue weighted by Crippen LogP contribution is -2.37. The molecule has 3 heterocycles. The number of ether oxygens (including phenoxy) is 1. The van der Waals surface area contributed by atoms with E-state index in [1.807, 2.05) is 4.90 Å². The van der Waals surface area contributed by atoms with E-state index in [9.17, 15) is 9.59 Å². The molecule has 2 aliphatic rings. The molecule has 3 rings (SSSR count). The molecule has 1 atom stereocenters. The van der Waals surface area contributed by atoms with Gasteiger partial charge in [0.25, 0.3) is 5.91 Å². The van der Waals surface area contributed by atoms with Crippen LogP contribution in [0.1, 0.15) is 40.0 Å². The van der Waals surface area contributed by atoms with Crippen LogP contribution < -0.4 is 0 Å². The predicted octanol–water partition coefficient (Wildman–Crippen LogP) is 1.18. The normalized spacial score (nSPS) is 22.0. The van der Waals surface area contributed by atoms with Gasteiger partial charge in [0.2, 0.25) is 0 Å². The Hall–Kier alpha value is -1.95. The molecular formula is C16H21N3O3. The van der Waals surface area contributed by atoms with Crippen LogP contribution in [0.4, 0.5) is 0 Å². The van der Waals surface area contributed by atoms with Crippen LogP contribution in [0.5, 0.6) is 0 Å². The maximum absolute atomic E-state index is 12.7. The number of amides is 1. The Kier molecular flexibility index (Phi) is 4.38. The van der Waals surface area contributed by atoms with E-state index in [0.29, 0.717) is 11.6 Å². The summed E-state index contributed by atoms with van der Waals surface area (Å²) in [7, 11) is 1.31. The van der Waals surface area contributed by atoms with Gasteiger partial charge in [-0.15, -0.1) is 0 Å². The highest BCUT2D eigenvalue weighted by atomic mass is 16.5. The minimum absolute atomic E-state index is 0.107. The number of carbonyl (C=O) groups excluding carboxylic acids is 2. The molecule has 0 saturated carbocycles. The lowest BCUT2D eigenvalue weighted by Gasteiger charge is -2.23. The highest BCUT2D eigenvalue weighted by Gasteiger charge is 2.33. The van der Waals surface area contributed by atoms with Gasteiger partial charge in [0.15, 0.2) is 0 Å². The summed E-state index contributed by atoms with van der Waals surface area (Å²) >= 11 is 0. The molecule has 2 saturated heterocycles. The van der Waals surface area contributed by atoms with Crippen LogP contribution in [0.25, 0.3) is 0 Å². The monoisotopic (exact) mass is 303 g/mol. The van der Waals surface area contributed by atoms with Crippen molar-refractivity contribution >= 4 is 11.9 Å². The molecule has 1 aromatic rings. The van der Waals surface area contributed by atoms with Crippen LogP contribution in [0.3, 0.4) is 0 Å². The third kappa shape index (κ3) is 2.83. The number of likely N-dealkylation sites (tertiary alicyclic amines) is 2. The Labute approximate surface area is 130 Å². The maximum Gasteiger partial charge on any atom is 0.340 e. The summed E-state index contributed by atoms with van der Waals surface area (Å²) in [6, 6.07) is 2.05. The Morgan fingerprint density at radius 1 is 1.23 bits per heavy atom. The molecule has 1 aromatic heterocycles. The third-order valence-corrected chi connectivity index (χ3v) is 4.56. The van der Waals surface area contributed by atoms with Crippen LogP contribution in [0, 0.1) is 0 Å². The quantitative estimate of drug-likeness (QED) is 0.785. The van der Waals surface area contributed by atoms with E-state index >= 15 is 0 Å². The van der Waals surface area contributed by atoms with Gasteiger partial charge in [-0.2, -0.15) is 0 Å². The van der Waals surface area contributed by atoms with Crippen LogP contribution in [-0.2, 0) is 4.74 Å². The zero-order chi connectivity index (χ0) is 15.5. The van der Waals surface area contributed by atoms with Gasteiger partial charge in [-0.1, -0.05) is 0 Å². The van der Waals surface area contributed by atoms with Gasteiger partial charge in [0.1, 0.15) is 0 Å². The molecule has 22 heavy (non-hydrogen) atoms. The van der Waals surface area contributed by atoms with Crippen molar-refractivity contribution in [1.29, 1.82) is 0 Å². The average molecular weight is 303 g/mol. The van der Waals surface area contributed by atoms with Crippen molar-refractivity contribution in [3.63, 3.8) is 0 Å². The molecule has 0 aromatic carbocycles. The van der Waals surface area contributed by atoms with E-state index in [-0.39, 0.29) is 11.5 Å². The fourth-order valence-corrected chi connectivity index (χ4v) is 3.35. The molecule has 2 aliphatic heterocycles. The first kappa shape index (κ1) is 15.0. The standard InChI is InChI=1S/C16H21N3O3/c1-22-16(21)14-10-17-6-4-13(14)15(20)19-9-5-12(11-19)18-7-2-3-8-18/h4,6,10,12H,2-3,5,7-9,11H2,1H3/t12-/m0/s1. The second-order valence-electron chi connectivity index (χ2n) is 5.85. The van der Waals surface area contributed by atoms with E-state index < -0.39 is 5.97 Å². The van der Waals surface area contributed by atoms with Gasteiger partial charge in [-0.25, -0.2) is 4.79 Å². The Balaban J connectivity index is 1.73. The minimum Gasteiger partial charge on any atom is -0.465 e. The average Bonchev–Trinajstić information content (AvgIpc) is 3.24. The van der Waals surface area contributed by atoms with Crippen LogP contribution >= 0.6 is 0 Å². The third-order valence-electron chi connectivity index (χ3n) is 4.56. The maximum atomic E-state index is 12.7. The van der Waals surface area contributed by atoms with E-state index in [1.54, 1.807) is 6.07 Å². The lowest BCUT2D eigenvalue weighted by molar-refractivity contribution is 0.0591. The molecule has 0 unspecified atom stereocenters. The molecule has 0 spiro atoms. The number of hydrogen-bond donors (Lipinski definition) is 0. The molecule has 6 heteroatoms. The van der Waals surface area contributed by atoms with E-state index in [2.05, 4.69) is 9.88 Å². The van der Waals surface area contributed by atoms with Crippen LogP contribution in [-0.4, -0.2) is 66.0 Å². The van der Waals surface area contributed by atoms with Crippen LogP contribution in [0.2, 0.25) is 0 Å². The first-order valence-electron chi connectivity index (χ1n) is 7.76. The summed E-state index contributed by atoms with van der Waals surface area (Å²) in [5, 5.41) is 0. The number of rotatable bonds is 3. The Morgan fingerprint density at radius 2 is 2.00 bits per heavy atom. The topological polar surface area (TPSA) is 62.7 Å². The molecule has 118 valence electrons. The molecule has 0 N–H and O–H groups in total. The zero-order valence-corrected chi connectivity index (χ0v) is 12.8. The van der Waals surface area contributed by atoms with Crippen molar-refractivity contribution in [3.8, 4) is 0 Å². The minimum atomic E-state index is -0.522. The van der Waals surface area contributed by atoms with Crippen molar-refractivity contribution in [2.75, 3.05) is 33.3 Å². The Bertz CT molecular complexity index is 570. The molecule has 6 nitrogen and oxygen atoms in total. The number of pyridine rings is 1. The predicted molar refractivity (Wildman–Crippen MR) is 80.7 cm³/mol. The van der Waals surface area contributed by atoms with E-state index in [1.165, 1.54) is 32.3 Å². The van der Waals surface area contributed by atoms with E-state index in [0.717, 1.165) is 32.6 Å². The Morgan fingerprint density at radius 3 is 2.73 bits per heavy atom. The SMILES string of the molecule is COC(=O)c1cnccc1C(=O)N1CC[C@H](N2CCCC2)C1. The number of nitrogens with zero attached hydrogens (tertiary/aromatic N) is 3. The first-order chi connectivity index (χ1) is 10.7. The number of carbonyl (C=O) groups is 2. The summed E-state index contributed by atoms with van der Waals surface area (Å²) in [5.41, 5.74) is 0.614. The molecule has 0 radical (unpaired) electrons. The summed E-state index contributed by atoms with van der Waals surface area (Å²) in [5.74, 6) is -0.628. The van der Waals surface area contributed by atoms with Gasteiger partial charge in [0, 0.05) is 31.5 Å².